The zero-order chi connectivity index (χ0) is 29.0. The van der Waals surface area contributed by atoms with Crippen LogP contribution in [0.25, 0.3) is 11.3 Å². The molecule has 0 saturated carbocycles. The van der Waals surface area contributed by atoms with Crippen LogP contribution in [0.5, 0.6) is 0 Å². The summed E-state index contributed by atoms with van der Waals surface area (Å²) >= 11 is 0. The number of esters is 1. The maximum atomic E-state index is 12.9. The first-order valence-electron chi connectivity index (χ1n) is 13.6. The van der Waals surface area contributed by atoms with Crippen LogP contribution in [0.3, 0.4) is 0 Å². The molecule has 2 amide bonds. The van der Waals surface area contributed by atoms with Gasteiger partial charge in [0.15, 0.2) is 5.69 Å². The molecule has 1 aliphatic rings. The SMILES string of the molecule is CCOC(=O)c1[nH]c(C2CCCN2C(=O)OC(C)(C)C)nc1-c1ccc(C(=O)Nc2cc(C(C)C)ccn2)cc1. The monoisotopic (exact) mass is 547 g/mol. The maximum absolute atomic E-state index is 12.9. The number of anilines is 1. The van der Waals surface area contributed by atoms with Gasteiger partial charge in [-0.15, -0.1) is 0 Å². The second-order valence-electron chi connectivity index (χ2n) is 11.1. The minimum Gasteiger partial charge on any atom is -0.461 e. The lowest BCUT2D eigenvalue weighted by Crippen LogP contribution is -2.36. The number of imidazole rings is 1. The van der Waals surface area contributed by atoms with Crippen LogP contribution in [0.4, 0.5) is 10.6 Å². The molecule has 10 heteroatoms. The summed E-state index contributed by atoms with van der Waals surface area (Å²) < 4.78 is 10.9. The van der Waals surface area contributed by atoms with Crippen molar-refractivity contribution in [3.05, 3.63) is 65.2 Å². The lowest BCUT2D eigenvalue weighted by atomic mass is 10.0. The Morgan fingerprint density at radius 3 is 2.52 bits per heavy atom. The molecule has 1 atom stereocenters. The first-order valence-corrected chi connectivity index (χ1v) is 13.6. The molecule has 10 nitrogen and oxygen atoms in total. The number of likely N-dealkylation sites (tertiary alicyclic amines) is 1. The molecule has 1 fully saturated rings. The Hall–Kier alpha value is -4.21. The zero-order valence-electron chi connectivity index (χ0n) is 23.9. The fraction of sp³-hybridized carbons (Fsp3) is 0.433. The highest BCUT2D eigenvalue weighted by atomic mass is 16.6. The number of H-pyrrole nitrogens is 1. The second kappa shape index (κ2) is 11.9. The molecule has 2 N–H and O–H groups in total. The Balaban J connectivity index is 1.59. The number of carbonyl (C=O) groups excluding carboxylic acids is 3. The molecule has 1 aromatic carbocycles. The molecule has 1 aliphatic heterocycles. The van der Waals surface area contributed by atoms with Gasteiger partial charge in [-0.1, -0.05) is 26.0 Å². The summed E-state index contributed by atoms with van der Waals surface area (Å²) in [7, 11) is 0. The van der Waals surface area contributed by atoms with Gasteiger partial charge in [-0.2, -0.15) is 0 Å². The Kier molecular flexibility index (Phi) is 8.56. The van der Waals surface area contributed by atoms with E-state index in [2.05, 4.69) is 29.1 Å². The molecule has 0 aliphatic carbocycles. The molecule has 2 aromatic heterocycles. The smallest absolute Gasteiger partial charge is 0.410 e. The van der Waals surface area contributed by atoms with Crippen LogP contribution in [0.2, 0.25) is 0 Å². The van der Waals surface area contributed by atoms with Crippen molar-refractivity contribution in [2.75, 3.05) is 18.5 Å². The van der Waals surface area contributed by atoms with Crippen LogP contribution in [0.1, 0.15) is 98.6 Å². The van der Waals surface area contributed by atoms with E-state index >= 15 is 0 Å². The number of hydrogen-bond donors (Lipinski definition) is 2. The van der Waals surface area contributed by atoms with Crippen LogP contribution in [-0.4, -0.2) is 56.6 Å². The van der Waals surface area contributed by atoms with Crippen LogP contribution in [0.15, 0.2) is 42.6 Å². The van der Waals surface area contributed by atoms with E-state index < -0.39 is 17.7 Å². The van der Waals surface area contributed by atoms with Crippen LogP contribution in [0, 0.1) is 0 Å². The van der Waals surface area contributed by atoms with Gasteiger partial charge in [0.1, 0.15) is 22.9 Å². The third kappa shape index (κ3) is 6.67. The molecule has 212 valence electrons. The number of benzene rings is 1. The molecule has 1 unspecified atom stereocenters. The van der Waals surface area contributed by atoms with Crippen molar-refractivity contribution in [1.29, 1.82) is 0 Å². The lowest BCUT2D eigenvalue weighted by molar-refractivity contribution is 0.0218. The van der Waals surface area contributed by atoms with E-state index in [-0.39, 0.29) is 24.2 Å². The predicted octanol–water partition coefficient (Wildman–Crippen LogP) is 6.10. The van der Waals surface area contributed by atoms with Gasteiger partial charge in [0.25, 0.3) is 5.91 Å². The van der Waals surface area contributed by atoms with Gasteiger partial charge in [-0.3, -0.25) is 9.69 Å². The number of ether oxygens (including phenoxy) is 2. The Morgan fingerprint density at radius 2 is 1.88 bits per heavy atom. The lowest BCUT2D eigenvalue weighted by Gasteiger charge is -2.27. The summed E-state index contributed by atoms with van der Waals surface area (Å²) in [4.78, 5) is 52.3. The number of nitrogens with one attached hydrogen (secondary N) is 2. The highest BCUT2D eigenvalue weighted by Crippen LogP contribution is 2.34. The zero-order valence-corrected chi connectivity index (χ0v) is 23.9. The van der Waals surface area contributed by atoms with E-state index in [0.717, 1.165) is 12.0 Å². The molecule has 0 spiro atoms. The van der Waals surface area contributed by atoms with E-state index in [9.17, 15) is 14.4 Å². The van der Waals surface area contributed by atoms with E-state index in [4.69, 9.17) is 14.5 Å². The van der Waals surface area contributed by atoms with Crippen molar-refractivity contribution in [2.24, 2.45) is 0 Å². The van der Waals surface area contributed by atoms with Gasteiger partial charge in [0.05, 0.1) is 12.6 Å². The van der Waals surface area contributed by atoms with Crippen molar-refractivity contribution < 1.29 is 23.9 Å². The average Bonchev–Trinajstić information content (AvgIpc) is 3.56. The third-order valence-corrected chi connectivity index (χ3v) is 6.51. The first-order chi connectivity index (χ1) is 19.0. The van der Waals surface area contributed by atoms with E-state index in [1.54, 1.807) is 42.3 Å². The fourth-order valence-corrected chi connectivity index (χ4v) is 4.54. The number of amides is 2. The van der Waals surface area contributed by atoms with Crippen molar-refractivity contribution in [1.82, 2.24) is 19.9 Å². The fourth-order valence-electron chi connectivity index (χ4n) is 4.54. The molecule has 0 radical (unpaired) electrons. The average molecular weight is 548 g/mol. The summed E-state index contributed by atoms with van der Waals surface area (Å²) in [6.45, 7) is 12.1. The predicted molar refractivity (Wildman–Crippen MR) is 151 cm³/mol. The quantitative estimate of drug-likeness (QED) is 0.342. The van der Waals surface area contributed by atoms with E-state index in [1.165, 1.54) is 0 Å². The Morgan fingerprint density at radius 1 is 1.15 bits per heavy atom. The number of rotatable bonds is 7. The third-order valence-electron chi connectivity index (χ3n) is 6.51. The number of hydrogen-bond acceptors (Lipinski definition) is 7. The van der Waals surface area contributed by atoms with Crippen LogP contribution < -0.4 is 5.32 Å². The van der Waals surface area contributed by atoms with Gasteiger partial charge in [-0.25, -0.2) is 19.6 Å². The van der Waals surface area contributed by atoms with Crippen molar-refractivity contribution >= 4 is 23.8 Å². The van der Waals surface area contributed by atoms with Crippen molar-refractivity contribution in [3.8, 4) is 11.3 Å². The van der Waals surface area contributed by atoms with E-state index in [0.29, 0.717) is 47.3 Å². The number of nitrogens with zero attached hydrogens (tertiary/aromatic N) is 3. The molecular weight excluding hydrogens is 510 g/mol. The summed E-state index contributed by atoms with van der Waals surface area (Å²) in [5.74, 6) is 0.432. The number of pyridine rings is 1. The van der Waals surface area contributed by atoms with Crippen molar-refractivity contribution in [2.45, 2.75) is 71.9 Å². The molecule has 1 saturated heterocycles. The number of aromatic amines is 1. The maximum Gasteiger partial charge on any atom is 0.410 e. The second-order valence-corrected chi connectivity index (χ2v) is 11.1. The Bertz CT molecular complexity index is 1370. The van der Waals surface area contributed by atoms with Gasteiger partial charge in [-0.05, 0) is 76.3 Å². The molecule has 4 rings (SSSR count). The minimum absolute atomic E-state index is 0.194. The topological polar surface area (TPSA) is 127 Å². The number of aromatic nitrogens is 3. The summed E-state index contributed by atoms with van der Waals surface area (Å²) in [6.07, 6.45) is 2.72. The first kappa shape index (κ1) is 28.8. The highest BCUT2D eigenvalue weighted by Gasteiger charge is 2.36. The Labute approximate surface area is 234 Å². The molecule has 3 heterocycles. The van der Waals surface area contributed by atoms with Crippen LogP contribution >= 0.6 is 0 Å². The van der Waals surface area contributed by atoms with Gasteiger partial charge >= 0.3 is 12.1 Å². The van der Waals surface area contributed by atoms with Crippen molar-refractivity contribution in [3.63, 3.8) is 0 Å². The minimum atomic E-state index is -0.629. The van der Waals surface area contributed by atoms with Crippen LogP contribution in [-0.2, 0) is 9.47 Å². The largest absolute Gasteiger partial charge is 0.461 e. The van der Waals surface area contributed by atoms with E-state index in [1.807, 2.05) is 32.9 Å². The van der Waals surface area contributed by atoms with Gasteiger partial charge in [0, 0.05) is 23.9 Å². The van der Waals surface area contributed by atoms with Gasteiger partial charge < -0.3 is 19.8 Å². The molecule has 3 aromatic rings. The molecule has 40 heavy (non-hydrogen) atoms. The number of carbonyl (C=O) groups is 3. The summed E-state index contributed by atoms with van der Waals surface area (Å²) in [5, 5.41) is 2.84. The summed E-state index contributed by atoms with van der Waals surface area (Å²) in [6, 6.07) is 10.2. The highest BCUT2D eigenvalue weighted by molar-refractivity contribution is 6.04. The molecular formula is C30H37N5O5. The van der Waals surface area contributed by atoms with Gasteiger partial charge in [0.2, 0.25) is 0 Å². The standard InChI is InChI=1S/C30H37N5O5/c1-7-39-28(37)25-24(33-26(34-25)22-9-8-16-35(22)29(38)40-30(4,5)6)19-10-12-20(13-11-19)27(36)32-23-17-21(18(2)3)14-15-31-23/h10-15,17-18,22H,7-9,16H2,1-6H3,(H,33,34)(H,31,32,36). The molecule has 0 bridgehead atoms. The normalized spacial score (nSPS) is 15.3. The summed E-state index contributed by atoms with van der Waals surface area (Å²) in [5.41, 5.74) is 2.09.